The molecule has 1 aromatic carbocycles. The van der Waals surface area contributed by atoms with Gasteiger partial charge in [0, 0.05) is 17.7 Å². The minimum absolute atomic E-state index is 0.0854. The molecule has 98 valence electrons. The molecule has 0 aliphatic carbocycles. The molecule has 1 aromatic heterocycles. The predicted molar refractivity (Wildman–Crippen MR) is 67.2 cm³/mol. The number of nitro benzene ring substituents is 1. The van der Waals surface area contributed by atoms with Crippen molar-refractivity contribution >= 4 is 11.9 Å². The Labute approximate surface area is 108 Å². The molecule has 1 N–H and O–H groups in total. The number of non-ortho nitro benzene ring substituents is 1. The standard InChI is InChI=1S/C11H11N5O3/c1-7-13-14-8(2)15(7)12-6-9-5-10(16(18)19)3-4-11(9)17/h3-6,17H,1-2H3/b12-6-. The van der Waals surface area contributed by atoms with Crippen LogP contribution in [0.15, 0.2) is 23.3 Å². The summed E-state index contributed by atoms with van der Waals surface area (Å²) in [6, 6.07) is 3.72. The van der Waals surface area contributed by atoms with Crippen molar-refractivity contribution in [2.75, 3.05) is 0 Å². The molecule has 1 heterocycles. The molecule has 0 bridgehead atoms. The van der Waals surface area contributed by atoms with Crippen molar-refractivity contribution in [2.24, 2.45) is 5.10 Å². The third-order valence-corrected chi connectivity index (χ3v) is 2.49. The summed E-state index contributed by atoms with van der Waals surface area (Å²) >= 11 is 0. The Morgan fingerprint density at radius 2 is 2.00 bits per heavy atom. The van der Waals surface area contributed by atoms with Crippen molar-refractivity contribution in [3.8, 4) is 5.75 Å². The number of benzene rings is 1. The van der Waals surface area contributed by atoms with Crippen LogP contribution in [-0.4, -0.2) is 31.1 Å². The van der Waals surface area contributed by atoms with E-state index in [4.69, 9.17) is 0 Å². The summed E-state index contributed by atoms with van der Waals surface area (Å²) in [7, 11) is 0. The average molecular weight is 261 g/mol. The summed E-state index contributed by atoms with van der Waals surface area (Å²) in [6.07, 6.45) is 1.33. The molecular weight excluding hydrogens is 250 g/mol. The molecule has 0 spiro atoms. The van der Waals surface area contributed by atoms with Gasteiger partial charge in [0.2, 0.25) is 0 Å². The Hall–Kier alpha value is -2.77. The summed E-state index contributed by atoms with van der Waals surface area (Å²) in [5.41, 5.74) is 0.137. The van der Waals surface area contributed by atoms with Crippen LogP contribution in [0.3, 0.4) is 0 Å². The maximum atomic E-state index is 10.7. The van der Waals surface area contributed by atoms with Crippen molar-refractivity contribution < 1.29 is 10.0 Å². The first-order valence-electron chi connectivity index (χ1n) is 5.39. The molecule has 0 fully saturated rings. The van der Waals surface area contributed by atoms with E-state index in [1.165, 1.54) is 29.1 Å². The number of hydrogen-bond acceptors (Lipinski definition) is 6. The molecule has 2 rings (SSSR count). The molecule has 0 saturated carbocycles. The summed E-state index contributed by atoms with van der Waals surface area (Å²) in [5, 5.41) is 32.0. The lowest BCUT2D eigenvalue weighted by atomic mass is 10.2. The van der Waals surface area contributed by atoms with E-state index in [9.17, 15) is 15.2 Å². The highest BCUT2D eigenvalue weighted by molar-refractivity contribution is 5.84. The largest absolute Gasteiger partial charge is 0.507 e. The second kappa shape index (κ2) is 4.84. The Balaban J connectivity index is 2.38. The molecule has 8 nitrogen and oxygen atoms in total. The van der Waals surface area contributed by atoms with E-state index in [-0.39, 0.29) is 17.0 Å². The molecule has 0 unspecified atom stereocenters. The molecule has 0 saturated heterocycles. The number of aromatic hydroxyl groups is 1. The van der Waals surface area contributed by atoms with Gasteiger partial charge in [0.1, 0.15) is 5.75 Å². The maximum Gasteiger partial charge on any atom is 0.270 e. The second-order valence-corrected chi connectivity index (χ2v) is 3.85. The molecule has 8 heteroatoms. The fourth-order valence-corrected chi connectivity index (χ4v) is 1.51. The van der Waals surface area contributed by atoms with Crippen LogP contribution in [0.25, 0.3) is 0 Å². The van der Waals surface area contributed by atoms with Crippen molar-refractivity contribution in [1.29, 1.82) is 0 Å². The third-order valence-electron chi connectivity index (χ3n) is 2.49. The Morgan fingerprint density at radius 3 is 2.58 bits per heavy atom. The Bertz CT molecular complexity index is 643. The van der Waals surface area contributed by atoms with E-state index >= 15 is 0 Å². The SMILES string of the molecule is Cc1nnc(C)n1/N=C\c1cc([N+](=O)[O-])ccc1O. The van der Waals surface area contributed by atoms with Crippen molar-refractivity contribution in [3.05, 3.63) is 45.5 Å². The summed E-state index contributed by atoms with van der Waals surface area (Å²) in [5.74, 6) is 1.08. The zero-order chi connectivity index (χ0) is 14.0. The third kappa shape index (κ3) is 2.57. The van der Waals surface area contributed by atoms with Gasteiger partial charge in [-0.3, -0.25) is 10.1 Å². The van der Waals surface area contributed by atoms with Crippen LogP contribution in [0.2, 0.25) is 0 Å². The lowest BCUT2D eigenvalue weighted by molar-refractivity contribution is -0.384. The minimum atomic E-state index is -0.536. The quantitative estimate of drug-likeness (QED) is 0.510. The highest BCUT2D eigenvalue weighted by Gasteiger charge is 2.09. The van der Waals surface area contributed by atoms with Gasteiger partial charge in [-0.1, -0.05) is 0 Å². The van der Waals surface area contributed by atoms with E-state index in [0.717, 1.165) is 0 Å². The summed E-state index contributed by atoms with van der Waals surface area (Å²) in [4.78, 5) is 10.1. The molecule has 0 aliphatic rings. The number of aryl methyl sites for hydroxylation is 2. The van der Waals surface area contributed by atoms with Crippen molar-refractivity contribution in [2.45, 2.75) is 13.8 Å². The van der Waals surface area contributed by atoms with Crippen LogP contribution in [-0.2, 0) is 0 Å². The van der Waals surface area contributed by atoms with E-state index in [0.29, 0.717) is 11.6 Å². The molecule has 19 heavy (non-hydrogen) atoms. The van der Waals surface area contributed by atoms with Crippen molar-refractivity contribution in [1.82, 2.24) is 14.9 Å². The minimum Gasteiger partial charge on any atom is -0.507 e. The van der Waals surface area contributed by atoms with Gasteiger partial charge in [-0.25, -0.2) is 4.68 Å². The van der Waals surface area contributed by atoms with Crippen molar-refractivity contribution in [3.63, 3.8) is 0 Å². The highest BCUT2D eigenvalue weighted by atomic mass is 16.6. The topological polar surface area (TPSA) is 106 Å². The number of phenols is 1. The van der Waals surface area contributed by atoms with Crippen LogP contribution in [0.1, 0.15) is 17.2 Å². The first kappa shape index (κ1) is 12.7. The average Bonchev–Trinajstić information content (AvgIpc) is 2.68. The first-order valence-corrected chi connectivity index (χ1v) is 5.39. The molecule has 0 radical (unpaired) electrons. The van der Waals surface area contributed by atoms with Gasteiger partial charge in [0.15, 0.2) is 11.6 Å². The van der Waals surface area contributed by atoms with E-state index in [1.54, 1.807) is 13.8 Å². The molecule has 0 amide bonds. The molecule has 2 aromatic rings. The number of nitro groups is 1. The van der Waals surface area contributed by atoms with Crippen LogP contribution in [0, 0.1) is 24.0 Å². The summed E-state index contributed by atoms with van der Waals surface area (Å²) in [6.45, 7) is 3.45. The normalized spacial score (nSPS) is 11.1. The van der Waals surface area contributed by atoms with Gasteiger partial charge < -0.3 is 5.11 Å². The van der Waals surface area contributed by atoms with Crippen LogP contribution < -0.4 is 0 Å². The predicted octanol–water partition coefficient (Wildman–Crippen LogP) is 1.39. The van der Waals surface area contributed by atoms with Gasteiger partial charge in [-0.15, -0.1) is 10.2 Å². The number of aromatic nitrogens is 3. The Morgan fingerprint density at radius 1 is 1.37 bits per heavy atom. The molecule has 0 aliphatic heterocycles. The maximum absolute atomic E-state index is 10.7. The smallest absolute Gasteiger partial charge is 0.270 e. The zero-order valence-corrected chi connectivity index (χ0v) is 10.3. The second-order valence-electron chi connectivity index (χ2n) is 3.85. The van der Waals surface area contributed by atoms with Gasteiger partial charge >= 0.3 is 0 Å². The fraction of sp³-hybridized carbons (Fsp3) is 0.182. The van der Waals surface area contributed by atoms with Crippen LogP contribution in [0.4, 0.5) is 5.69 Å². The number of hydrogen-bond donors (Lipinski definition) is 1. The van der Waals surface area contributed by atoms with Gasteiger partial charge in [-0.05, 0) is 19.9 Å². The lowest BCUT2D eigenvalue weighted by Crippen LogP contribution is -1.97. The number of rotatable bonds is 3. The van der Waals surface area contributed by atoms with Crippen LogP contribution >= 0.6 is 0 Å². The monoisotopic (exact) mass is 261 g/mol. The summed E-state index contributed by atoms with van der Waals surface area (Å²) < 4.78 is 1.47. The first-order chi connectivity index (χ1) is 8.99. The van der Waals surface area contributed by atoms with Crippen LogP contribution in [0.5, 0.6) is 5.75 Å². The fourth-order valence-electron chi connectivity index (χ4n) is 1.51. The molecular formula is C11H11N5O3. The van der Waals surface area contributed by atoms with E-state index < -0.39 is 4.92 Å². The number of phenolic OH excluding ortho intramolecular Hbond substituents is 1. The van der Waals surface area contributed by atoms with Gasteiger partial charge in [0.05, 0.1) is 11.1 Å². The van der Waals surface area contributed by atoms with E-state index in [2.05, 4.69) is 15.3 Å². The lowest BCUT2D eigenvalue weighted by Gasteiger charge is -2.00. The van der Waals surface area contributed by atoms with Gasteiger partial charge in [0.25, 0.3) is 5.69 Å². The highest BCUT2D eigenvalue weighted by Crippen LogP contribution is 2.21. The van der Waals surface area contributed by atoms with Gasteiger partial charge in [-0.2, -0.15) is 5.10 Å². The molecule has 0 atom stereocenters. The Kier molecular flexibility index (Phi) is 3.23. The zero-order valence-electron chi connectivity index (χ0n) is 10.3. The number of nitrogens with zero attached hydrogens (tertiary/aromatic N) is 5. The van der Waals surface area contributed by atoms with E-state index in [1.807, 2.05) is 0 Å².